The number of benzene rings is 2. The van der Waals surface area contributed by atoms with Crippen LogP contribution < -0.4 is 15.8 Å². The van der Waals surface area contributed by atoms with Gasteiger partial charge >= 0.3 is 0 Å². The number of fused-ring (bicyclic) bond motifs is 1. The molecule has 0 bridgehead atoms. The zero-order valence-electron chi connectivity index (χ0n) is 21.1. The van der Waals surface area contributed by atoms with Crippen molar-refractivity contribution in [3.8, 4) is 5.69 Å². The molecule has 1 N–H and O–H groups in total. The molecule has 1 saturated heterocycles. The van der Waals surface area contributed by atoms with Crippen LogP contribution in [0.2, 0.25) is 0 Å². The minimum absolute atomic E-state index is 0.109. The third-order valence-corrected chi connectivity index (χ3v) is 6.67. The summed E-state index contributed by atoms with van der Waals surface area (Å²) >= 11 is 0. The van der Waals surface area contributed by atoms with Crippen LogP contribution in [0.5, 0.6) is 0 Å². The highest BCUT2D eigenvalue weighted by atomic mass is 19.1. The topological polar surface area (TPSA) is 85.0 Å². The number of para-hydroxylation sites is 1. The number of rotatable bonds is 5. The first-order chi connectivity index (χ1) is 17.6. The van der Waals surface area contributed by atoms with E-state index >= 15 is 0 Å². The lowest BCUT2D eigenvalue weighted by molar-refractivity contribution is 0.102. The third-order valence-electron chi connectivity index (χ3n) is 6.67. The molecule has 0 atom stereocenters. The normalized spacial score (nSPS) is 15.1. The second-order valence-corrected chi connectivity index (χ2v) is 10.4. The lowest BCUT2D eigenvalue weighted by Gasteiger charge is -2.25. The highest BCUT2D eigenvalue weighted by molar-refractivity contribution is 6.08. The van der Waals surface area contributed by atoms with E-state index in [0.29, 0.717) is 10.4 Å². The number of hydrogen-bond acceptors (Lipinski definition) is 5. The maximum absolute atomic E-state index is 14.3. The van der Waals surface area contributed by atoms with Gasteiger partial charge in [-0.1, -0.05) is 19.9 Å². The largest absolute Gasteiger partial charge is 0.369 e. The van der Waals surface area contributed by atoms with Crippen LogP contribution in [0.4, 0.5) is 20.2 Å². The molecule has 1 fully saturated rings. The van der Waals surface area contributed by atoms with E-state index in [0.717, 1.165) is 54.3 Å². The molecule has 37 heavy (non-hydrogen) atoms. The molecule has 5 rings (SSSR count). The fourth-order valence-corrected chi connectivity index (χ4v) is 4.83. The van der Waals surface area contributed by atoms with Crippen LogP contribution in [0.1, 0.15) is 50.6 Å². The van der Waals surface area contributed by atoms with Crippen molar-refractivity contribution >= 4 is 28.2 Å². The Hall–Kier alpha value is -4.08. The number of nitrogens with zero attached hydrogens (tertiary/aromatic N) is 5. The van der Waals surface area contributed by atoms with Gasteiger partial charge in [0.1, 0.15) is 11.4 Å². The predicted molar refractivity (Wildman–Crippen MR) is 138 cm³/mol. The van der Waals surface area contributed by atoms with Gasteiger partial charge in [-0.05, 0) is 56.0 Å². The first-order valence-corrected chi connectivity index (χ1v) is 12.2. The van der Waals surface area contributed by atoms with Crippen molar-refractivity contribution in [2.24, 2.45) is 5.41 Å². The molecule has 8 nitrogen and oxygen atoms in total. The second-order valence-electron chi connectivity index (χ2n) is 10.4. The molecular formula is C27H28F2N6O2. The van der Waals surface area contributed by atoms with E-state index in [9.17, 15) is 18.4 Å². The monoisotopic (exact) mass is 506 g/mol. The second kappa shape index (κ2) is 9.10. The quantitative estimate of drug-likeness (QED) is 0.415. The Morgan fingerprint density at radius 2 is 1.78 bits per heavy atom. The molecule has 1 aliphatic heterocycles. The summed E-state index contributed by atoms with van der Waals surface area (Å²) in [7, 11) is 0. The third kappa shape index (κ3) is 4.47. The van der Waals surface area contributed by atoms with Crippen molar-refractivity contribution in [1.29, 1.82) is 0 Å². The number of nitrogens with one attached hydrogen (secondary N) is 1. The van der Waals surface area contributed by atoms with Crippen LogP contribution in [0, 0.1) is 17.0 Å². The number of amides is 1. The molecule has 0 spiro atoms. The summed E-state index contributed by atoms with van der Waals surface area (Å²) in [6.07, 6.45) is 2.81. The summed E-state index contributed by atoms with van der Waals surface area (Å²) in [6.45, 7) is 10.1. The highest BCUT2D eigenvalue weighted by Crippen LogP contribution is 2.41. The van der Waals surface area contributed by atoms with Crippen LogP contribution in [-0.2, 0) is 0 Å². The van der Waals surface area contributed by atoms with Gasteiger partial charge in [0.25, 0.3) is 11.5 Å². The summed E-state index contributed by atoms with van der Waals surface area (Å²) in [5.74, 6) is -2.53. The molecule has 2 aromatic heterocycles. The summed E-state index contributed by atoms with van der Waals surface area (Å²) in [4.78, 5) is 27.9. The summed E-state index contributed by atoms with van der Waals surface area (Å²) in [5.41, 5.74) is 0.931. The fourth-order valence-electron chi connectivity index (χ4n) is 4.83. The SMILES string of the molecule is CC(C)n1ncc2c(N3CCC(C)(C)C3)c(NC(=O)c3ccc(=O)n(-c4c(F)cccc4F)n3)ccc21. The molecule has 0 saturated carbocycles. The van der Waals surface area contributed by atoms with Gasteiger partial charge in [-0.25, -0.2) is 8.78 Å². The highest BCUT2D eigenvalue weighted by Gasteiger charge is 2.32. The molecule has 0 aliphatic carbocycles. The van der Waals surface area contributed by atoms with Crippen molar-refractivity contribution < 1.29 is 13.6 Å². The first-order valence-electron chi connectivity index (χ1n) is 12.2. The van der Waals surface area contributed by atoms with Gasteiger partial charge in [0.05, 0.1) is 23.1 Å². The van der Waals surface area contributed by atoms with Crippen molar-refractivity contribution in [2.45, 2.75) is 40.2 Å². The molecule has 3 heterocycles. The Labute approximate surface area is 212 Å². The molecule has 1 aliphatic rings. The molecule has 0 radical (unpaired) electrons. The van der Waals surface area contributed by atoms with E-state index in [4.69, 9.17) is 0 Å². The van der Waals surface area contributed by atoms with Gasteiger partial charge in [-0.15, -0.1) is 0 Å². The number of anilines is 2. The Balaban J connectivity index is 1.56. The van der Waals surface area contributed by atoms with Crippen molar-refractivity contribution in [3.63, 3.8) is 0 Å². The number of hydrogen-bond donors (Lipinski definition) is 1. The zero-order chi connectivity index (χ0) is 26.5. The summed E-state index contributed by atoms with van der Waals surface area (Å²) in [5, 5.41) is 12.4. The van der Waals surface area contributed by atoms with Crippen molar-refractivity contribution in [1.82, 2.24) is 19.6 Å². The van der Waals surface area contributed by atoms with Gasteiger partial charge in [0.15, 0.2) is 11.6 Å². The minimum atomic E-state index is -0.960. The Kier molecular flexibility index (Phi) is 6.05. The predicted octanol–water partition coefficient (Wildman–Crippen LogP) is 4.93. The maximum atomic E-state index is 14.3. The van der Waals surface area contributed by atoms with Crippen molar-refractivity contribution in [3.05, 3.63) is 76.3 Å². The molecule has 2 aromatic carbocycles. The van der Waals surface area contributed by atoms with Gasteiger partial charge in [-0.2, -0.15) is 14.9 Å². The van der Waals surface area contributed by atoms with E-state index < -0.39 is 28.8 Å². The first kappa shape index (κ1) is 24.6. The van der Waals surface area contributed by atoms with Gasteiger partial charge < -0.3 is 10.2 Å². The smallest absolute Gasteiger partial charge is 0.276 e. The van der Waals surface area contributed by atoms with Crippen molar-refractivity contribution in [2.75, 3.05) is 23.3 Å². The van der Waals surface area contributed by atoms with Crippen LogP contribution in [0.25, 0.3) is 16.6 Å². The molecule has 10 heteroatoms. The van der Waals surface area contributed by atoms with Gasteiger partial charge in [-0.3, -0.25) is 14.3 Å². The molecule has 0 unspecified atom stereocenters. The standard InChI is InChI=1S/C27H28F2N6O2/c1-16(2)34-22-10-8-20(24(17(22)14-30-34)33-13-12-27(3,4)15-33)31-26(37)21-9-11-23(36)35(32-21)25-18(28)6-5-7-19(25)29/h5-11,14,16H,12-13,15H2,1-4H3,(H,31,37). The van der Waals surface area contributed by atoms with Crippen LogP contribution in [0.15, 0.2) is 53.5 Å². The lowest BCUT2D eigenvalue weighted by Crippen LogP contribution is -2.27. The summed E-state index contributed by atoms with van der Waals surface area (Å²) in [6, 6.07) is 9.43. The maximum Gasteiger partial charge on any atom is 0.276 e. The van der Waals surface area contributed by atoms with E-state index in [2.05, 4.69) is 48.1 Å². The average Bonchev–Trinajstić information content (AvgIpc) is 3.42. The van der Waals surface area contributed by atoms with Crippen LogP contribution in [-0.4, -0.2) is 38.6 Å². The number of halogens is 2. The number of carbonyl (C=O) groups is 1. The molecule has 1 amide bonds. The van der Waals surface area contributed by atoms with E-state index in [1.807, 2.05) is 23.0 Å². The molecule has 192 valence electrons. The van der Waals surface area contributed by atoms with Crippen LogP contribution >= 0.6 is 0 Å². The Bertz CT molecular complexity index is 1550. The lowest BCUT2D eigenvalue weighted by atomic mass is 9.93. The van der Waals surface area contributed by atoms with Gasteiger partial charge in [0, 0.05) is 30.6 Å². The summed E-state index contributed by atoms with van der Waals surface area (Å²) < 4.78 is 31.2. The number of aromatic nitrogens is 4. The minimum Gasteiger partial charge on any atom is -0.369 e. The van der Waals surface area contributed by atoms with E-state index in [-0.39, 0.29) is 17.2 Å². The van der Waals surface area contributed by atoms with Crippen LogP contribution in [0.3, 0.4) is 0 Å². The molecular weight excluding hydrogens is 478 g/mol. The fraction of sp³-hybridized carbons (Fsp3) is 0.333. The van der Waals surface area contributed by atoms with E-state index in [1.54, 1.807) is 0 Å². The Morgan fingerprint density at radius 1 is 1.05 bits per heavy atom. The average molecular weight is 507 g/mol. The Morgan fingerprint density at radius 3 is 2.43 bits per heavy atom. The van der Waals surface area contributed by atoms with Gasteiger partial charge in [0.2, 0.25) is 0 Å². The molecule has 4 aromatic rings. The number of carbonyl (C=O) groups excluding carboxylic acids is 1. The zero-order valence-corrected chi connectivity index (χ0v) is 21.1. The van der Waals surface area contributed by atoms with E-state index in [1.165, 1.54) is 12.1 Å².